The van der Waals surface area contributed by atoms with E-state index in [9.17, 15) is 0 Å². The van der Waals surface area contributed by atoms with Crippen LogP contribution in [0.5, 0.6) is 0 Å². The predicted molar refractivity (Wildman–Crippen MR) is 255 cm³/mol. The molecule has 3 aliphatic carbocycles. The fourth-order valence-corrected chi connectivity index (χ4v) is 11.4. The second kappa shape index (κ2) is 12.4. The normalized spacial score (nSPS) is 15.8. The highest BCUT2D eigenvalue weighted by Gasteiger charge is 2.40. The van der Waals surface area contributed by atoms with Gasteiger partial charge in [0, 0.05) is 33.2 Å². The lowest BCUT2D eigenvalue weighted by Gasteiger charge is -2.31. The zero-order valence-electron chi connectivity index (χ0n) is 36.5. The van der Waals surface area contributed by atoms with Crippen molar-refractivity contribution in [1.29, 1.82) is 0 Å². The van der Waals surface area contributed by atoms with E-state index in [1.54, 1.807) is 0 Å². The molecule has 0 bridgehead atoms. The Hall–Kier alpha value is -6.18. The molecule has 60 heavy (non-hydrogen) atoms. The summed E-state index contributed by atoms with van der Waals surface area (Å²) in [6.45, 7) is 21.3. The van der Waals surface area contributed by atoms with Crippen LogP contribution < -0.4 is 4.90 Å². The first kappa shape index (κ1) is 36.9. The molecule has 8 aromatic carbocycles. The second-order valence-corrected chi connectivity index (χ2v) is 20.2. The zero-order valence-corrected chi connectivity index (χ0v) is 36.5. The molecule has 0 unspecified atom stereocenters. The molecule has 8 aromatic rings. The molecule has 0 atom stereocenters. The van der Waals surface area contributed by atoms with Gasteiger partial charge in [0.05, 0.1) is 5.69 Å². The van der Waals surface area contributed by atoms with E-state index >= 15 is 0 Å². The average Bonchev–Trinajstić information content (AvgIpc) is 3.72. The number of fused-ring (bicyclic) bond motifs is 10. The number of rotatable bonds is 4. The molecule has 0 spiro atoms. The fourth-order valence-electron chi connectivity index (χ4n) is 11.4. The molecular weight excluding hydrogens is 723 g/mol. The van der Waals surface area contributed by atoms with Gasteiger partial charge in [0.15, 0.2) is 0 Å². The Kier molecular flexibility index (Phi) is 7.64. The first-order valence-corrected chi connectivity index (χ1v) is 21.8. The Morgan fingerprint density at radius 2 is 0.933 bits per heavy atom. The van der Waals surface area contributed by atoms with Crippen molar-refractivity contribution in [2.45, 2.75) is 84.0 Å². The summed E-state index contributed by atoms with van der Waals surface area (Å²) in [5, 5.41) is 2.49. The first-order chi connectivity index (χ1) is 28.7. The van der Waals surface area contributed by atoms with E-state index in [0.29, 0.717) is 0 Å². The average molecular weight is 776 g/mol. The van der Waals surface area contributed by atoms with Gasteiger partial charge >= 0.3 is 0 Å². The topological polar surface area (TPSA) is 3.24 Å². The minimum atomic E-state index is -0.166. The van der Waals surface area contributed by atoms with E-state index in [1.807, 2.05) is 0 Å². The lowest BCUT2D eigenvalue weighted by molar-refractivity contribution is 0.589. The van der Waals surface area contributed by atoms with Crippen LogP contribution in [0.1, 0.15) is 101 Å². The number of benzene rings is 8. The molecule has 0 saturated carbocycles. The van der Waals surface area contributed by atoms with Crippen molar-refractivity contribution in [2.24, 2.45) is 0 Å². The maximum atomic E-state index is 2.56. The van der Waals surface area contributed by atoms with E-state index in [-0.39, 0.29) is 21.7 Å². The van der Waals surface area contributed by atoms with Crippen molar-refractivity contribution in [3.8, 4) is 44.5 Å². The van der Waals surface area contributed by atoms with Gasteiger partial charge in [0.2, 0.25) is 0 Å². The summed E-state index contributed by atoms with van der Waals surface area (Å²) in [5.74, 6) is 0. The molecule has 0 N–H and O–H groups in total. The largest absolute Gasteiger partial charge is 0.310 e. The molecule has 294 valence electrons. The summed E-state index contributed by atoms with van der Waals surface area (Å²) >= 11 is 0. The van der Waals surface area contributed by atoms with Crippen molar-refractivity contribution in [3.05, 3.63) is 197 Å². The van der Waals surface area contributed by atoms with Gasteiger partial charge in [-0.3, -0.25) is 0 Å². The van der Waals surface area contributed by atoms with Gasteiger partial charge in [-0.1, -0.05) is 184 Å². The second-order valence-electron chi connectivity index (χ2n) is 20.2. The van der Waals surface area contributed by atoms with Gasteiger partial charge in [-0.05, 0) is 130 Å². The van der Waals surface area contributed by atoms with E-state index in [2.05, 4.69) is 225 Å². The van der Waals surface area contributed by atoms with Crippen LogP contribution in [0.25, 0.3) is 55.3 Å². The van der Waals surface area contributed by atoms with Crippen molar-refractivity contribution in [3.63, 3.8) is 0 Å². The quantitative estimate of drug-likeness (QED) is 0.172. The summed E-state index contributed by atoms with van der Waals surface area (Å²) in [6, 6.07) is 60.4. The maximum absolute atomic E-state index is 2.56. The van der Waals surface area contributed by atoms with Crippen LogP contribution in [-0.4, -0.2) is 0 Å². The van der Waals surface area contributed by atoms with Crippen LogP contribution in [-0.2, 0) is 21.7 Å². The lowest BCUT2D eigenvalue weighted by atomic mass is 9.79. The fraction of sp³-hybridized carbons (Fsp3) is 0.220. The van der Waals surface area contributed by atoms with Crippen molar-refractivity contribution < 1.29 is 0 Å². The summed E-state index contributed by atoms with van der Waals surface area (Å²) in [5.41, 5.74) is 23.6. The lowest BCUT2D eigenvalue weighted by Crippen LogP contribution is -2.18. The highest BCUT2D eigenvalue weighted by Crippen LogP contribution is 2.56. The molecule has 0 amide bonds. The van der Waals surface area contributed by atoms with Crippen LogP contribution >= 0.6 is 0 Å². The minimum Gasteiger partial charge on any atom is -0.310 e. The summed E-state index contributed by atoms with van der Waals surface area (Å²) < 4.78 is 0. The highest BCUT2D eigenvalue weighted by molar-refractivity contribution is 6.06. The van der Waals surface area contributed by atoms with Crippen LogP contribution in [0, 0.1) is 0 Å². The van der Waals surface area contributed by atoms with Crippen molar-refractivity contribution in [1.82, 2.24) is 0 Å². The zero-order chi connectivity index (χ0) is 41.5. The molecule has 11 rings (SSSR count). The van der Waals surface area contributed by atoms with Gasteiger partial charge in [0.1, 0.15) is 0 Å². The third kappa shape index (κ3) is 5.05. The van der Waals surface area contributed by atoms with Crippen molar-refractivity contribution >= 4 is 27.8 Å². The van der Waals surface area contributed by atoms with Crippen LogP contribution in [0.3, 0.4) is 0 Å². The Bertz CT molecular complexity index is 3110. The smallest absolute Gasteiger partial charge is 0.0546 e. The molecular formula is C59H53N. The molecule has 0 aliphatic heterocycles. The van der Waals surface area contributed by atoms with Gasteiger partial charge in [-0.15, -0.1) is 0 Å². The van der Waals surface area contributed by atoms with Gasteiger partial charge < -0.3 is 4.90 Å². The summed E-state index contributed by atoms with van der Waals surface area (Å²) in [7, 11) is 0. The summed E-state index contributed by atoms with van der Waals surface area (Å²) in [6.07, 6.45) is 0. The molecule has 1 heteroatoms. The third-order valence-electron chi connectivity index (χ3n) is 14.6. The first-order valence-electron chi connectivity index (χ1n) is 21.8. The monoisotopic (exact) mass is 775 g/mol. The standard InChI is InChI=1S/C59H53N/c1-56(2,3)50-23-16-24-51-55(50)43-29-27-39(35-52(43)59(51,8)9)60(38-28-31-49-45(34-38)42-20-13-15-22-47(42)58(49,6)7)53-32-26-36-17-10-11-18-40(36)54(53)37-25-30-48-44(33-37)41-19-12-14-21-46(41)57(48,4)5/h10-35H,1-9H3. The Morgan fingerprint density at radius 3 is 1.63 bits per heavy atom. The van der Waals surface area contributed by atoms with E-state index < -0.39 is 0 Å². The SMILES string of the molecule is CC(C)(C)c1cccc2c1-c1ccc(N(c3ccc4c(c3)-c3ccccc3C4(C)C)c3ccc4ccccc4c3-c3ccc4c(c3)-c3ccccc3C4(C)C)cc1C2(C)C. The molecule has 0 fully saturated rings. The van der Waals surface area contributed by atoms with Gasteiger partial charge in [-0.25, -0.2) is 0 Å². The van der Waals surface area contributed by atoms with E-state index in [4.69, 9.17) is 0 Å². The Morgan fingerprint density at radius 1 is 0.383 bits per heavy atom. The molecule has 1 nitrogen and oxygen atoms in total. The van der Waals surface area contributed by atoms with Gasteiger partial charge in [-0.2, -0.15) is 0 Å². The third-order valence-corrected chi connectivity index (χ3v) is 14.6. The van der Waals surface area contributed by atoms with Gasteiger partial charge in [0.25, 0.3) is 0 Å². The predicted octanol–water partition coefficient (Wildman–Crippen LogP) is 16.2. The molecule has 0 radical (unpaired) electrons. The number of hydrogen-bond acceptors (Lipinski definition) is 1. The molecule has 0 saturated heterocycles. The summed E-state index contributed by atoms with van der Waals surface area (Å²) in [4.78, 5) is 2.56. The van der Waals surface area contributed by atoms with E-state index in [1.165, 1.54) is 106 Å². The molecule has 3 aliphatic rings. The van der Waals surface area contributed by atoms with Crippen LogP contribution in [0.4, 0.5) is 17.1 Å². The Balaban J connectivity index is 1.19. The van der Waals surface area contributed by atoms with Crippen LogP contribution in [0.2, 0.25) is 0 Å². The highest BCUT2D eigenvalue weighted by atomic mass is 15.1. The minimum absolute atomic E-state index is 0.0216. The number of anilines is 3. The van der Waals surface area contributed by atoms with Crippen molar-refractivity contribution in [2.75, 3.05) is 4.90 Å². The maximum Gasteiger partial charge on any atom is 0.0546 e. The number of hydrogen-bond donors (Lipinski definition) is 0. The molecule has 0 heterocycles. The van der Waals surface area contributed by atoms with E-state index in [0.717, 1.165) is 5.69 Å². The molecule has 0 aromatic heterocycles. The van der Waals surface area contributed by atoms with Crippen LogP contribution in [0.15, 0.2) is 158 Å². The Labute approximate surface area is 356 Å². The number of nitrogens with zero attached hydrogens (tertiary/aromatic N) is 1.